The van der Waals surface area contributed by atoms with Crippen molar-refractivity contribution >= 4 is 38.9 Å². The van der Waals surface area contributed by atoms with E-state index >= 15 is 0 Å². The van der Waals surface area contributed by atoms with Crippen molar-refractivity contribution in [2.75, 3.05) is 41.9 Å². The van der Waals surface area contributed by atoms with Gasteiger partial charge in [-0.3, -0.25) is 9.10 Å². The van der Waals surface area contributed by atoms with Gasteiger partial charge in [0.25, 0.3) is 10.0 Å². The molecule has 6 nitrogen and oxygen atoms in total. The number of halogens is 1. The fourth-order valence-corrected chi connectivity index (χ4v) is 5.78. The average Bonchev–Trinajstić information content (AvgIpc) is 2.84. The SMILES string of the molecule is Cc1cccc(N2CCN(C(=O)CN(c3cccc(Cl)c3)S(=O)(=O)c3ccccc3)CC2)c1C. The first-order valence-corrected chi connectivity index (χ1v) is 13.0. The van der Waals surface area contributed by atoms with Gasteiger partial charge < -0.3 is 9.80 Å². The van der Waals surface area contributed by atoms with Crippen LogP contribution in [-0.4, -0.2) is 51.9 Å². The van der Waals surface area contributed by atoms with Gasteiger partial charge in [0.1, 0.15) is 6.54 Å². The van der Waals surface area contributed by atoms with Gasteiger partial charge in [0, 0.05) is 36.9 Å². The van der Waals surface area contributed by atoms with Crippen molar-refractivity contribution in [2.24, 2.45) is 0 Å². The minimum Gasteiger partial charge on any atom is -0.368 e. The molecule has 8 heteroatoms. The van der Waals surface area contributed by atoms with Crippen LogP contribution in [0.3, 0.4) is 0 Å². The van der Waals surface area contributed by atoms with Crippen molar-refractivity contribution in [1.82, 2.24) is 4.90 Å². The number of rotatable bonds is 6. The predicted molar refractivity (Wildman–Crippen MR) is 137 cm³/mol. The monoisotopic (exact) mass is 497 g/mol. The molecular formula is C26H28ClN3O3S. The van der Waals surface area contributed by atoms with Gasteiger partial charge >= 0.3 is 0 Å². The van der Waals surface area contributed by atoms with Crippen LogP contribution in [0.4, 0.5) is 11.4 Å². The van der Waals surface area contributed by atoms with Crippen LogP contribution in [0, 0.1) is 13.8 Å². The van der Waals surface area contributed by atoms with Crippen molar-refractivity contribution in [3.05, 3.63) is 88.9 Å². The topological polar surface area (TPSA) is 60.9 Å². The molecule has 0 N–H and O–H groups in total. The second-order valence-corrected chi connectivity index (χ2v) is 10.7. The Morgan fingerprint density at radius 3 is 2.26 bits per heavy atom. The van der Waals surface area contributed by atoms with Gasteiger partial charge in [0.05, 0.1) is 10.6 Å². The molecular weight excluding hydrogens is 470 g/mol. The fourth-order valence-electron chi connectivity index (χ4n) is 4.16. The maximum absolute atomic E-state index is 13.5. The second kappa shape index (κ2) is 10.1. The summed E-state index contributed by atoms with van der Waals surface area (Å²) in [5.41, 5.74) is 4.01. The summed E-state index contributed by atoms with van der Waals surface area (Å²) in [6.45, 7) is 6.36. The second-order valence-electron chi connectivity index (χ2n) is 8.39. The number of nitrogens with zero attached hydrogens (tertiary/aromatic N) is 3. The summed E-state index contributed by atoms with van der Waals surface area (Å²) in [4.78, 5) is 17.4. The van der Waals surface area contributed by atoms with E-state index in [9.17, 15) is 13.2 Å². The summed E-state index contributed by atoms with van der Waals surface area (Å²) in [7, 11) is -3.95. The quantitative estimate of drug-likeness (QED) is 0.503. The van der Waals surface area contributed by atoms with Crippen LogP contribution < -0.4 is 9.21 Å². The lowest BCUT2D eigenvalue weighted by Gasteiger charge is -2.38. The standard InChI is InChI=1S/C26H28ClN3O3S/c1-20-8-6-13-25(21(20)2)28-14-16-29(17-15-28)26(31)19-30(23-10-7-9-22(27)18-23)34(32,33)24-11-4-3-5-12-24/h3-13,18H,14-17,19H2,1-2H3. The van der Waals surface area contributed by atoms with Crippen LogP contribution in [0.5, 0.6) is 0 Å². The number of sulfonamides is 1. The summed E-state index contributed by atoms with van der Waals surface area (Å²) in [5, 5.41) is 0.403. The zero-order chi connectivity index (χ0) is 24.3. The van der Waals surface area contributed by atoms with Crippen LogP contribution in [-0.2, 0) is 14.8 Å². The van der Waals surface area contributed by atoms with Crippen LogP contribution in [0.2, 0.25) is 5.02 Å². The number of hydrogen-bond donors (Lipinski definition) is 0. The molecule has 0 unspecified atom stereocenters. The average molecular weight is 498 g/mol. The Kier molecular flexibility index (Phi) is 7.14. The molecule has 34 heavy (non-hydrogen) atoms. The molecule has 0 radical (unpaired) electrons. The van der Waals surface area contributed by atoms with Gasteiger partial charge in [-0.05, 0) is 61.4 Å². The van der Waals surface area contributed by atoms with E-state index in [4.69, 9.17) is 11.6 Å². The van der Waals surface area contributed by atoms with Crippen molar-refractivity contribution in [3.63, 3.8) is 0 Å². The molecule has 1 aliphatic heterocycles. The number of piperazine rings is 1. The zero-order valence-electron chi connectivity index (χ0n) is 19.3. The van der Waals surface area contributed by atoms with Crippen molar-refractivity contribution < 1.29 is 13.2 Å². The minimum atomic E-state index is -3.95. The molecule has 1 saturated heterocycles. The van der Waals surface area contributed by atoms with Gasteiger partial charge in [0.15, 0.2) is 0 Å². The smallest absolute Gasteiger partial charge is 0.264 e. The highest BCUT2D eigenvalue weighted by Crippen LogP contribution is 2.27. The van der Waals surface area contributed by atoms with Gasteiger partial charge in [-0.15, -0.1) is 0 Å². The number of benzene rings is 3. The van der Waals surface area contributed by atoms with E-state index in [1.54, 1.807) is 47.4 Å². The molecule has 1 heterocycles. The Labute approximate surface area is 206 Å². The van der Waals surface area contributed by atoms with Gasteiger partial charge in [-0.1, -0.05) is 48.0 Å². The first-order chi connectivity index (χ1) is 16.3. The highest BCUT2D eigenvalue weighted by Gasteiger charge is 2.30. The Balaban J connectivity index is 1.53. The number of carbonyl (C=O) groups excluding carboxylic acids is 1. The van der Waals surface area contributed by atoms with Gasteiger partial charge in [-0.2, -0.15) is 0 Å². The Morgan fingerprint density at radius 2 is 1.59 bits per heavy atom. The van der Waals surface area contributed by atoms with Crippen LogP contribution in [0.25, 0.3) is 0 Å². The Bertz CT molecular complexity index is 1270. The Morgan fingerprint density at radius 1 is 0.912 bits per heavy atom. The van der Waals surface area contributed by atoms with Crippen molar-refractivity contribution in [2.45, 2.75) is 18.7 Å². The summed E-state index contributed by atoms with van der Waals surface area (Å²) < 4.78 is 28.1. The molecule has 1 amide bonds. The molecule has 0 saturated carbocycles. The fraction of sp³-hybridized carbons (Fsp3) is 0.269. The van der Waals surface area contributed by atoms with Crippen LogP contribution in [0.1, 0.15) is 11.1 Å². The third-order valence-corrected chi connectivity index (χ3v) is 8.28. The summed E-state index contributed by atoms with van der Waals surface area (Å²) >= 11 is 6.15. The minimum absolute atomic E-state index is 0.127. The van der Waals surface area contributed by atoms with Crippen molar-refractivity contribution in [3.8, 4) is 0 Å². The molecule has 1 fully saturated rings. The molecule has 3 aromatic rings. The van der Waals surface area contributed by atoms with E-state index < -0.39 is 10.0 Å². The number of amides is 1. The number of anilines is 2. The number of carbonyl (C=O) groups is 1. The molecule has 1 aliphatic rings. The van der Waals surface area contributed by atoms with E-state index in [0.29, 0.717) is 36.9 Å². The number of aryl methyl sites for hydroxylation is 1. The molecule has 0 bridgehead atoms. The molecule has 3 aromatic carbocycles. The summed E-state index contributed by atoms with van der Waals surface area (Å²) in [6, 6.07) is 21.0. The normalized spacial score (nSPS) is 14.2. The first kappa shape index (κ1) is 24.1. The van der Waals surface area contributed by atoms with Crippen LogP contribution >= 0.6 is 11.6 Å². The molecule has 0 spiro atoms. The number of hydrogen-bond acceptors (Lipinski definition) is 4. The van der Waals surface area contributed by atoms with E-state index in [1.165, 1.54) is 28.9 Å². The van der Waals surface area contributed by atoms with E-state index in [0.717, 1.165) is 4.31 Å². The van der Waals surface area contributed by atoms with Crippen LogP contribution in [0.15, 0.2) is 77.7 Å². The maximum Gasteiger partial charge on any atom is 0.264 e. The zero-order valence-corrected chi connectivity index (χ0v) is 20.9. The summed E-state index contributed by atoms with van der Waals surface area (Å²) in [6.07, 6.45) is 0. The molecule has 0 aromatic heterocycles. The Hall–Kier alpha value is -3.03. The summed E-state index contributed by atoms with van der Waals surface area (Å²) in [5.74, 6) is -0.236. The van der Waals surface area contributed by atoms with Gasteiger partial charge in [-0.25, -0.2) is 8.42 Å². The third kappa shape index (κ3) is 5.05. The maximum atomic E-state index is 13.5. The van der Waals surface area contributed by atoms with Gasteiger partial charge in [0.2, 0.25) is 5.91 Å². The van der Waals surface area contributed by atoms with E-state index in [1.807, 2.05) is 6.07 Å². The highest BCUT2D eigenvalue weighted by molar-refractivity contribution is 7.92. The van der Waals surface area contributed by atoms with E-state index in [2.05, 4.69) is 30.9 Å². The van der Waals surface area contributed by atoms with Crippen molar-refractivity contribution in [1.29, 1.82) is 0 Å². The molecule has 178 valence electrons. The largest absolute Gasteiger partial charge is 0.368 e. The lowest BCUT2D eigenvalue weighted by atomic mass is 10.1. The molecule has 4 rings (SSSR count). The predicted octanol–water partition coefficient (Wildman–Crippen LogP) is 4.50. The molecule has 0 atom stereocenters. The molecule has 0 aliphatic carbocycles. The first-order valence-electron chi connectivity index (χ1n) is 11.2. The third-order valence-electron chi connectivity index (χ3n) is 6.26. The lowest BCUT2D eigenvalue weighted by Crippen LogP contribution is -2.52. The highest BCUT2D eigenvalue weighted by atomic mass is 35.5. The van der Waals surface area contributed by atoms with E-state index in [-0.39, 0.29) is 17.3 Å². The lowest BCUT2D eigenvalue weighted by molar-refractivity contribution is -0.129.